The Labute approximate surface area is 237 Å². The molecule has 0 saturated carbocycles. The number of carbonyl (C=O) groups is 2. The molecule has 206 valence electrons. The number of H-pyrrole nitrogens is 1. The summed E-state index contributed by atoms with van der Waals surface area (Å²) in [6.07, 6.45) is -3.39. The molecule has 0 aliphatic carbocycles. The van der Waals surface area contributed by atoms with Crippen LogP contribution in [0.4, 0.5) is 13.2 Å². The summed E-state index contributed by atoms with van der Waals surface area (Å²) in [5, 5.41) is 4.41. The highest BCUT2D eigenvalue weighted by atomic mass is 35.5. The van der Waals surface area contributed by atoms with Gasteiger partial charge in [0.25, 0.3) is 5.91 Å². The van der Waals surface area contributed by atoms with E-state index in [0.717, 1.165) is 11.6 Å². The molecule has 2 N–H and O–H groups in total. The number of aromatic nitrogens is 1. The molecular formula is C31H21ClF3N3O3. The highest BCUT2D eigenvalue weighted by molar-refractivity contribution is 6.34. The summed E-state index contributed by atoms with van der Waals surface area (Å²) in [7, 11) is 0. The van der Waals surface area contributed by atoms with Gasteiger partial charge in [-0.3, -0.25) is 4.79 Å². The van der Waals surface area contributed by atoms with E-state index in [9.17, 15) is 22.8 Å². The minimum absolute atomic E-state index is 0.152. The number of alkyl halides is 3. The molecule has 41 heavy (non-hydrogen) atoms. The number of aryl methyl sites for hydroxylation is 1. The van der Waals surface area contributed by atoms with Crippen LogP contribution in [0, 0.1) is 6.92 Å². The minimum atomic E-state index is -4.66. The Morgan fingerprint density at radius 3 is 2.44 bits per heavy atom. The van der Waals surface area contributed by atoms with Gasteiger partial charge in [-0.05, 0) is 43.3 Å². The first-order valence-electron chi connectivity index (χ1n) is 12.3. The summed E-state index contributed by atoms with van der Waals surface area (Å²) in [6.45, 7) is 1.86. The van der Waals surface area contributed by atoms with Crippen molar-refractivity contribution < 1.29 is 27.5 Å². The lowest BCUT2D eigenvalue weighted by molar-refractivity contribution is -0.136. The van der Waals surface area contributed by atoms with Crippen LogP contribution in [0.1, 0.15) is 37.5 Å². The van der Waals surface area contributed by atoms with Gasteiger partial charge < -0.3 is 9.72 Å². The second-order valence-corrected chi connectivity index (χ2v) is 9.48. The van der Waals surface area contributed by atoms with Crippen molar-refractivity contribution in [2.75, 3.05) is 0 Å². The zero-order chi connectivity index (χ0) is 29.1. The van der Waals surface area contributed by atoms with E-state index < -0.39 is 23.6 Å². The Hall–Kier alpha value is -4.89. The normalized spacial score (nSPS) is 11.6. The topological polar surface area (TPSA) is 83.5 Å². The van der Waals surface area contributed by atoms with E-state index >= 15 is 0 Å². The first kappa shape index (κ1) is 27.7. The van der Waals surface area contributed by atoms with Crippen LogP contribution in [0.5, 0.6) is 5.75 Å². The maximum Gasteiger partial charge on any atom is 0.418 e. The van der Waals surface area contributed by atoms with Gasteiger partial charge in [0.1, 0.15) is 11.4 Å². The first-order chi connectivity index (χ1) is 19.6. The van der Waals surface area contributed by atoms with Gasteiger partial charge in [-0.15, -0.1) is 0 Å². The Balaban J connectivity index is 1.46. The maximum absolute atomic E-state index is 13.8. The van der Waals surface area contributed by atoms with E-state index in [1.807, 2.05) is 13.0 Å². The van der Waals surface area contributed by atoms with Gasteiger partial charge in [-0.2, -0.15) is 18.3 Å². The zero-order valence-corrected chi connectivity index (χ0v) is 22.2. The molecule has 1 amide bonds. The number of hydrogen-bond acceptors (Lipinski definition) is 4. The quantitative estimate of drug-likeness (QED) is 0.0938. The lowest BCUT2D eigenvalue weighted by Gasteiger charge is -2.08. The molecule has 6 nitrogen and oxygen atoms in total. The lowest BCUT2D eigenvalue weighted by Crippen LogP contribution is -2.19. The van der Waals surface area contributed by atoms with Crippen LogP contribution in [0.25, 0.3) is 22.0 Å². The number of esters is 1. The molecule has 5 aromatic rings. The molecule has 0 spiro atoms. The number of benzene rings is 4. The highest BCUT2D eigenvalue weighted by Gasteiger charge is 2.35. The van der Waals surface area contributed by atoms with E-state index in [1.165, 1.54) is 18.3 Å². The standard InChI is InChI=1S/C31H21ClF3N3O3/c1-18-8-6-10-19(16-18)30(40)41-25-15-5-2-9-20(25)17-36-38-29(39)28-26(21-11-3-4-14-24(21)32)22-12-7-13-23(27(22)37-28)31(33,34)35/h2-17,37H,1H3,(H,38,39). The number of carbonyl (C=O) groups excluding carboxylic acids is 2. The third kappa shape index (κ3) is 5.85. The van der Waals surface area contributed by atoms with Crippen molar-refractivity contribution in [2.45, 2.75) is 13.1 Å². The third-order valence-electron chi connectivity index (χ3n) is 6.25. The number of amides is 1. The van der Waals surface area contributed by atoms with Crippen LogP contribution < -0.4 is 10.2 Å². The Kier molecular flexibility index (Phi) is 7.63. The second kappa shape index (κ2) is 11.3. The first-order valence-corrected chi connectivity index (χ1v) is 12.7. The summed E-state index contributed by atoms with van der Waals surface area (Å²) in [5.74, 6) is -1.16. The van der Waals surface area contributed by atoms with Crippen molar-refractivity contribution >= 4 is 40.6 Å². The van der Waals surface area contributed by atoms with E-state index in [4.69, 9.17) is 16.3 Å². The van der Waals surface area contributed by atoms with Crippen LogP contribution in [-0.2, 0) is 6.18 Å². The van der Waals surface area contributed by atoms with Crippen molar-refractivity contribution in [3.8, 4) is 16.9 Å². The molecule has 0 fully saturated rings. The fourth-order valence-electron chi connectivity index (χ4n) is 4.40. The van der Waals surface area contributed by atoms with Crippen molar-refractivity contribution in [3.63, 3.8) is 0 Å². The molecule has 0 saturated heterocycles. The van der Waals surface area contributed by atoms with Gasteiger partial charge in [0.2, 0.25) is 0 Å². The van der Waals surface area contributed by atoms with Crippen LogP contribution in [0.3, 0.4) is 0 Å². The summed E-state index contributed by atoms with van der Waals surface area (Å²) >= 11 is 6.38. The van der Waals surface area contributed by atoms with Gasteiger partial charge >= 0.3 is 12.1 Å². The van der Waals surface area contributed by atoms with E-state index in [2.05, 4.69) is 15.5 Å². The smallest absolute Gasteiger partial charge is 0.418 e. The van der Waals surface area contributed by atoms with Crippen molar-refractivity contribution in [2.24, 2.45) is 5.10 Å². The predicted octanol–water partition coefficient (Wildman–Crippen LogP) is 7.80. The number of fused-ring (bicyclic) bond motifs is 1. The largest absolute Gasteiger partial charge is 0.422 e. The number of hydrazone groups is 1. The molecule has 1 aromatic heterocycles. The molecule has 4 aromatic carbocycles. The minimum Gasteiger partial charge on any atom is -0.422 e. The fraction of sp³-hybridized carbons (Fsp3) is 0.0645. The number of halogens is 4. The molecule has 5 rings (SSSR count). The van der Waals surface area contributed by atoms with E-state index in [1.54, 1.807) is 66.7 Å². The van der Waals surface area contributed by atoms with Crippen LogP contribution in [0.2, 0.25) is 5.02 Å². The molecule has 0 aliphatic rings. The summed E-state index contributed by atoms with van der Waals surface area (Å²) < 4.78 is 46.9. The number of para-hydroxylation sites is 2. The summed E-state index contributed by atoms with van der Waals surface area (Å²) in [6, 6.07) is 23.7. The van der Waals surface area contributed by atoms with Crippen molar-refractivity contribution in [1.29, 1.82) is 0 Å². The molecule has 0 unspecified atom stereocenters. The average Bonchev–Trinajstić information content (AvgIpc) is 3.33. The Morgan fingerprint density at radius 2 is 1.68 bits per heavy atom. The molecule has 0 radical (unpaired) electrons. The van der Waals surface area contributed by atoms with Crippen LogP contribution in [-0.4, -0.2) is 23.1 Å². The van der Waals surface area contributed by atoms with E-state index in [-0.39, 0.29) is 32.9 Å². The van der Waals surface area contributed by atoms with Gasteiger partial charge in [0, 0.05) is 27.1 Å². The van der Waals surface area contributed by atoms with Crippen molar-refractivity contribution in [3.05, 3.63) is 124 Å². The molecular weight excluding hydrogens is 555 g/mol. The van der Waals surface area contributed by atoms with Crippen LogP contribution in [0.15, 0.2) is 96.1 Å². The summed E-state index contributed by atoms with van der Waals surface area (Å²) in [5.41, 5.74) is 3.26. The zero-order valence-electron chi connectivity index (χ0n) is 21.4. The second-order valence-electron chi connectivity index (χ2n) is 9.08. The SMILES string of the molecule is Cc1cccc(C(=O)Oc2ccccc2C=NNC(=O)c2[nH]c3c(C(F)(F)F)cccc3c2-c2ccccc2Cl)c1. The summed E-state index contributed by atoms with van der Waals surface area (Å²) in [4.78, 5) is 28.6. The number of aromatic amines is 1. The predicted molar refractivity (Wildman–Crippen MR) is 151 cm³/mol. The molecule has 10 heteroatoms. The third-order valence-corrected chi connectivity index (χ3v) is 6.58. The number of ether oxygens (including phenoxy) is 1. The molecule has 0 bridgehead atoms. The lowest BCUT2D eigenvalue weighted by atomic mass is 10.00. The van der Waals surface area contributed by atoms with Gasteiger partial charge in [0.15, 0.2) is 0 Å². The number of hydrogen-bond donors (Lipinski definition) is 2. The van der Waals surface area contributed by atoms with Gasteiger partial charge in [-0.1, -0.05) is 71.8 Å². The fourth-order valence-corrected chi connectivity index (χ4v) is 4.63. The van der Waals surface area contributed by atoms with Gasteiger partial charge in [-0.25, -0.2) is 10.2 Å². The monoisotopic (exact) mass is 575 g/mol. The Morgan fingerprint density at radius 1 is 0.951 bits per heavy atom. The number of rotatable bonds is 6. The molecule has 0 aliphatic heterocycles. The molecule has 0 atom stereocenters. The van der Waals surface area contributed by atoms with Gasteiger partial charge in [0.05, 0.1) is 22.9 Å². The van der Waals surface area contributed by atoms with E-state index in [0.29, 0.717) is 16.7 Å². The number of nitrogens with one attached hydrogen (secondary N) is 2. The Bertz CT molecular complexity index is 1810. The number of nitrogens with zero attached hydrogens (tertiary/aromatic N) is 1. The van der Waals surface area contributed by atoms with Crippen LogP contribution >= 0.6 is 11.6 Å². The maximum atomic E-state index is 13.8. The van der Waals surface area contributed by atoms with Crippen molar-refractivity contribution in [1.82, 2.24) is 10.4 Å². The average molecular weight is 576 g/mol. The molecule has 1 heterocycles. The highest BCUT2D eigenvalue weighted by Crippen LogP contribution is 2.41.